The topological polar surface area (TPSA) is 18.5 Å². The van der Waals surface area contributed by atoms with Crippen LogP contribution in [0.5, 0.6) is 0 Å². The molecule has 0 rings (SSSR count). The van der Waals surface area contributed by atoms with Crippen molar-refractivity contribution in [3.63, 3.8) is 0 Å². The summed E-state index contributed by atoms with van der Waals surface area (Å²) in [7, 11) is 3.40. The molecular weight excluding hydrogens is 128 g/mol. The summed E-state index contributed by atoms with van der Waals surface area (Å²) in [5.74, 6) is 0.676. The van der Waals surface area contributed by atoms with Crippen molar-refractivity contribution in [2.24, 2.45) is 5.92 Å². The lowest BCUT2D eigenvalue weighted by atomic mass is 10.2. The second kappa shape index (κ2) is 11.7. The van der Waals surface area contributed by atoms with E-state index in [0.717, 1.165) is 13.2 Å². The molecule has 0 fully saturated rings. The molecule has 0 aromatic carbocycles. The number of hydrogen-bond acceptors (Lipinski definition) is 2. The summed E-state index contributed by atoms with van der Waals surface area (Å²) in [6.45, 7) is 7.91. The quantitative estimate of drug-likeness (QED) is 0.609. The molecule has 10 heavy (non-hydrogen) atoms. The molecule has 0 bridgehead atoms. The van der Waals surface area contributed by atoms with Crippen molar-refractivity contribution in [2.45, 2.75) is 20.8 Å². The van der Waals surface area contributed by atoms with E-state index < -0.39 is 0 Å². The van der Waals surface area contributed by atoms with Crippen LogP contribution in [0.1, 0.15) is 20.8 Å². The maximum Gasteiger partial charge on any atom is 0.0485 e. The monoisotopic (exact) mass is 148 g/mol. The highest BCUT2D eigenvalue weighted by Crippen LogP contribution is 1.88. The van der Waals surface area contributed by atoms with E-state index >= 15 is 0 Å². The molecule has 0 aliphatic heterocycles. The molecule has 0 spiro atoms. The van der Waals surface area contributed by atoms with Gasteiger partial charge in [0, 0.05) is 27.4 Å². The Morgan fingerprint density at radius 2 is 1.50 bits per heavy atom. The fraction of sp³-hybridized carbons (Fsp3) is 1.00. The molecule has 2 nitrogen and oxygen atoms in total. The highest BCUT2D eigenvalue weighted by atomic mass is 16.5. The zero-order valence-electron chi connectivity index (χ0n) is 7.81. The third-order valence-electron chi connectivity index (χ3n) is 0.789. The third kappa shape index (κ3) is 24.7. The van der Waals surface area contributed by atoms with Crippen LogP contribution >= 0.6 is 0 Å². The van der Waals surface area contributed by atoms with E-state index in [1.165, 1.54) is 0 Å². The molecule has 0 aromatic rings. The molecule has 2 heteroatoms. The summed E-state index contributed by atoms with van der Waals surface area (Å²) in [4.78, 5) is 0. The summed E-state index contributed by atoms with van der Waals surface area (Å²) >= 11 is 0. The van der Waals surface area contributed by atoms with Crippen molar-refractivity contribution >= 4 is 0 Å². The van der Waals surface area contributed by atoms with Gasteiger partial charge in [-0.15, -0.1) is 0 Å². The predicted molar refractivity (Wildman–Crippen MR) is 44.3 cm³/mol. The number of hydrogen-bond donors (Lipinski definition) is 0. The summed E-state index contributed by atoms with van der Waals surface area (Å²) in [5, 5.41) is 0. The Hall–Kier alpha value is -0.0800. The van der Waals surface area contributed by atoms with E-state index in [4.69, 9.17) is 4.74 Å². The standard InChI is InChI=1S/C5H12O.C3H8O/c1-5(2)4-6-3;1-3-4-2/h5H,4H2,1-3H3;3H2,1-2H3. The Morgan fingerprint density at radius 1 is 1.10 bits per heavy atom. The van der Waals surface area contributed by atoms with Crippen LogP contribution in [-0.4, -0.2) is 27.4 Å². The first-order chi connectivity index (χ1) is 4.68. The maximum absolute atomic E-state index is 4.80. The fourth-order valence-corrected chi connectivity index (χ4v) is 0.333. The van der Waals surface area contributed by atoms with Crippen LogP contribution in [0.4, 0.5) is 0 Å². The van der Waals surface area contributed by atoms with Crippen LogP contribution < -0.4 is 0 Å². The van der Waals surface area contributed by atoms with Crippen LogP contribution in [0.2, 0.25) is 0 Å². The molecule has 0 radical (unpaired) electrons. The third-order valence-corrected chi connectivity index (χ3v) is 0.789. The highest BCUT2D eigenvalue weighted by Gasteiger charge is 1.85. The molecule has 0 saturated carbocycles. The first-order valence-electron chi connectivity index (χ1n) is 3.66. The number of ether oxygens (including phenoxy) is 2. The van der Waals surface area contributed by atoms with E-state index in [1.807, 2.05) is 6.92 Å². The first kappa shape index (κ1) is 12.6. The average molecular weight is 148 g/mol. The van der Waals surface area contributed by atoms with Gasteiger partial charge in [-0.1, -0.05) is 13.8 Å². The van der Waals surface area contributed by atoms with E-state index in [-0.39, 0.29) is 0 Å². The Bertz CT molecular complexity index is 42.5. The smallest absolute Gasteiger partial charge is 0.0485 e. The SMILES string of the molecule is CCOC.COCC(C)C. The van der Waals surface area contributed by atoms with Crippen LogP contribution in [0, 0.1) is 5.92 Å². The normalized spacial score (nSPS) is 9.00. The van der Waals surface area contributed by atoms with Crippen molar-refractivity contribution in [3.8, 4) is 0 Å². The molecule has 0 aliphatic rings. The van der Waals surface area contributed by atoms with E-state index in [9.17, 15) is 0 Å². The molecular formula is C8H20O2. The first-order valence-corrected chi connectivity index (χ1v) is 3.66. The Morgan fingerprint density at radius 3 is 1.50 bits per heavy atom. The predicted octanol–water partition coefficient (Wildman–Crippen LogP) is 1.94. The van der Waals surface area contributed by atoms with Crippen molar-refractivity contribution in [1.29, 1.82) is 0 Å². The second-order valence-corrected chi connectivity index (χ2v) is 2.43. The van der Waals surface area contributed by atoms with Gasteiger partial charge in [0.25, 0.3) is 0 Å². The minimum Gasteiger partial charge on any atom is -0.385 e. The van der Waals surface area contributed by atoms with Gasteiger partial charge < -0.3 is 9.47 Å². The molecule has 64 valence electrons. The molecule has 0 N–H and O–H groups in total. The Kier molecular flexibility index (Phi) is 14.7. The van der Waals surface area contributed by atoms with Crippen LogP contribution in [0.25, 0.3) is 0 Å². The summed E-state index contributed by atoms with van der Waals surface area (Å²) < 4.78 is 9.34. The molecule has 0 saturated heterocycles. The molecule has 0 atom stereocenters. The zero-order valence-corrected chi connectivity index (χ0v) is 7.81. The molecule has 0 amide bonds. The summed E-state index contributed by atoms with van der Waals surface area (Å²) in [5.41, 5.74) is 0. The minimum absolute atomic E-state index is 0.676. The van der Waals surface area contributed by atoms with Gasteiger partial charge in [0.1, 0.15) is 0 Å². The number of rotatable bonds is 3. The van der Waals surface area contributed by atoms with Crippen molar-refractivity contribution in [1.82, 2.24) is 0 Å². The van der Waals surface area contributed by atoms with Crippen LogP contribution in [0.15, 0.2) is 0 Å². The maximum atomic E-state index is 4.80. The average Bonchev–Trinajstić information content (AvgIpc) is 1.89. The van der Waals surface area contributed by atoms with E-state index in [1.54, 1.807) is 14.2 Å². The van der Waals surface area contributed by atoms with Crippen molar-refractivity contribution in [3.05, 3.63) is 0 Å². The van der Waals surface area contributed by atoms with Gasteiger partial charge in [-0.2, -0.15) is 0 Å². The van der Waals surface area contributed by atoms with Gasteiger partial charge in [0.15, 0.2) is 0 Å². The van der Waals surface area contributed by atoms with Crippen LogP contribution in [0.3, 0.4) is 0 Å². The van der Waals surface area contributed by atoms with Gasteiger partial charge in [-0.3, -0.25) is 0 Å². The highest BCUT2D eigenvalue weighted by molar-refractivity contribution is 4.35. The van der Waals surface area contributed by atoms with E-state index in [2.05, 4.69) is 18.6 Å². The van der Waals surface area contributed by atoms with Crippen LogP contribution in [-0.2, 0) is 9.47 Å². The lowest BCUT2D eigenvalue weighted by Crippen LogP contribution is -1.96. The van der Waals surface area contributed by atoms with Gasteiger partial charge in [0.2, 0.25) is 0 Å². The van der Waals surface area contributed by atoms with Crippen molar-refractivity contribution < 1.29 is 9.47 Å². The minimum atomic E-state index is 0.676. The Balaban J connectivity index is 0. The van der Waals surface area contributed by atoms with Gasteiger partial charge in [-0.05, 0) is 12.8 Å². The van der Waals surface area contributed by atoms with Crippen molar-refractivity contribution in [2.75, 3.05) is 27.4 Å². The molecule has 0 heterocycles. The molecule has 0 unspecified atom stereocenters. The zero-order chi connectivity index (χ0) is 8.41. The lowest BCUT2D eigenvalue weighted by molar-refractivity contribution is 0.167. The second-order valence-electron chi connectivity index (χ2n) is 2.43. The largest absolute Gasteiger partial charge is 0.385 e. The lowest BCUT2D eigenvalue weighted by Gasteiger charge is -1.97. The summed E-state index contributed by atoms with van der Waals surface area (Å²) in [6, 6.07) is 0. The molecule has 0 aromatic heterocycles. The molecule has 0 aliphatic carbocycles. The van der Waals surface area contributed by atoms with Gasteiger partial charge >= 0.3 is 0 Å². The Labute approximate surface area is 64.5 Å². The van der Waals surface area contributed by atoms with Gasteiger partial charge in [0.05, 0.1) is 0 Å². The fourth-order valence-electron chi connectivity index (χ4n) is 0.333. The summed E-state index contributed by atoms with van der Waals surface area (Å²) in [6.07, 6.45) is 0. The van der Waals surface area contributed by atoms with Gasteiger partial charge in [-0.25, -0.2) is 0 Å². The number of methoxy groups -OCH3 is 2. The van der Waals surface area contributed by atoms with E-state index in [0.29, 0.717) is 5.92 Å².